The van der Waals surface area contributed by atoms with Crippen LogP contribution in [0.1, 0.15) is 11.3 Å². The molecule has 1 atom stereocenters. The zero-order valence-corrected chi connectivity index (χ0v) is 16.9. The molecule has 2 aromatic carbocycles. The van der Waals surface area contributed by atoms with Crippen LogP contribution in [-0.2, 0) is 17.8 Å². The minimum absolute atomic E-state index is 0.260. The Balaban J connectivity index is 1.64. The number of carbonyl (C=O) groups is 2. The summed E-state index contributed by atoms with van der Waals surface area (Å²) in [7, 11) is 0. The zero-order valence-electron chi connectivity index (χ0n) is 16.1. The van der Waals surface area contributed by atoms with Crippen LogP contribution in [0.4, 0.5) is 10.5 Å². The van der Waals surface area contributed by atoms with Crippen LogP contribution < -0.4 is 16.0 Å². The molecule has 0 aliphatic heterocycles. The first-order valence-electron chi connectivity index (χ1n) is 9.19. The molecule has 29 heavy (non-hydrogen) atoms. The summed E-state index contributed by atoms with van der Waals surface area (Å²) in [5.41, 5.74) is 1.62. The lowest BCUT2D eigenvalue weighted by Gasteiger charge is -2.19. The summed E-state index contributed by atoms with van der Waals surface area (Å²) in [6, 6.07) is 19.5. The molecule has 1 aromatic heterocycles. The number of anilines is 1. The average molecular weight is 410 g/mol. The van der Waals surface area contributed by atoms with E-state index in [0.29, 0.717) is 17.9 Å². The smallest absolute Gasteiger partial charge is 0.319 e. The van der Waals surface area contributed by atoms with Crippen molar-refractivity contribution in [2.45, 2.75) is 23.9 Å². The third kappa shape index (κ3) is 6.43. The van der Waals surface area contributed by atoms with E-state index in [1.165, 1.54) is 0 Å². The molecule has 3 aromatic rings. The van der Waals surface area contributed by atoms with E-state index in [1.54, 1.807) is 30.2 Å². The summed E-state index contributed by atoms with van der Waals surface area (Å²) in [5, 5.41) is 8.36. The molecule has 0 aliphatic carbocycles. The minimum atomic E-state index is -0.724. The molecular formula is C22H23N3O3S. The van der Waals surface area contributed by atoms with E-state index >= 15 is 0 Å². The summed E-state index contributed by atoms with van der Waals surface area (Å²) in [4.78, 5) is 26.3. The van der Waals surface area contributed by atoms with E-state index in [9.17, 15) is 9.59 Å². The minimum Gasteiger partial charge on any atom is -0.467 e. The molecule has 0 saturated heterocycles. The maximum atomic E-state index is 12.7. The molecular weight excluding hydrogens is 386 g/mol. The first kappa shape index (κ1) is 20.5. The molecule has 7 heteroatoms. The highest BCUT2D eigenvalue weighted by Crippen LogP contribution is 2.17. The van der Waals surface area contributed by atoms with E-state index in [0.717, 1.165) is 10.5 Å². The molecule has 3 amide bonds. The Morgan fingerprint density at radius 1 is 1.00 bits per heavy atom. The monoisotopic (exact) mass is 409 g/mol. The van der Waals surface area contributed by atoms with Crippen molar-refractivity contribution >= 4 is 29.4 Å². The number of benzene rings is 2. The second-order valence-electron chi connectivity index (χ2n) is 6.37. The highest BCUT2D eigenvalue weighted by Gasteiger charge is 2.21. The molecule has 0 bridgehead atoms. The summed E-state index contributed by atoms with van der Waals surface area (Å²) in [5.74, 6) is 0.369. The molecule has 3 rings (SSSR count). The third-order valence-corrected chi connectivity index (χ3v) is 5.01. The highest BCUT2D eigenvalue weighted by atomic mass is 32.2. The molecule has 0 aliphatic rings. The second-order valence-corrected chi connectivity index (χ2v) is 7.25. The molecule has 0 radical (unpaired) electrons. The molecule has 1 heterocycles. The van der Waals surface area contributed by atoms with Crippen LogP contribution in [0.3, 0.4) is 0 Å². The Morgan fingerprint density at radius 3 is 2.41 bits per heavy atom. The van der Waals surface area contributed by atoms with Gasteiger partial charge in [0.2, 0.25) is 5.91 Å². The molecule has 1 unspecified atom stereocenters. The van der Waals surface area contributed by atoms with Gasteiger partial charge in [0.1, 0.15) is 11.8 Å². The summed E-state index contributed by atoms with van der Waals surface area (Å²) < 4.78 is 5.24. The van der Waals surface area contributed by atoms with Gasteiger partial charge in [-0.15, -0.1) is 11.8 Å². The first-order valence-corrected chi connectivity index (χ1v) is 10.4. The molecule has 6 nitrogen and oxygen atoms in total. The lowest BCUT2D eigenvalue weighted by molar-refractivity contribution is -0.123. The number of thioether (sulfide) groups is 1. The fourth-order valence-corrected chi connectivity index (χ4v) is 3.18. The number of rotatable bonds is 8. The lowest BCUT2D eigenvalue weighted by atomic mass is 10.1. The lowest BCUT2D eigenvalue weighted by Crippen LogP contribution is -2.49. The fourth-order valence-electron chi connectivity index (χ4n) is 2.77. The predicted octanol–water partition coefficient (Wildman–Crippen LogP) is 4.05. The molecule has 3 N–H and O–H groups in total. The van der Waals surface area contributed by atoms with Gasteiger partial charge in [0, 0.05) is 17.0 Å². The van der Waals surface area contributed by atoms with Gasteiger partial charge in [-0.2, -0.15) is 0 Å². The van der Waals surface area contributed by atoms with E-state index in [1.807, 2.05) is 60.9 Å². The number of urea groups is 1. The Morgan fingerprint density at radius 2 is 1.76 bits per heavy atom. The first-order chi connectivity index (χ1) is 14.1. The van der Waals surface area contributed by atoms with Crippen LogP contribution in [0.5, 0.6) is 0 Å². The van der Waals surface area contributed by atoms with Crippen molar-refractivity contribution in [2.24, 2.45) is 0 Å². The largest absolute Gasteiger partial charge is 0.467 e. The molecule has 0 saturated carbocycles. The number of hydrogen-bond donors (Lipinski definition) is 3. The van der Waals surface area contributed by atoms with Gasteiger partial charge in [0.05, 0.1) is 12.8 Å². The van der Waals surface area contributed by atoms with Gasteiger partial charge in [-0.3, -0.25) is 4.79 Å². The quantitative estimate of drug-likeness (QED) is 0.490. The number of nitrogens with one attached hydrogen (secondary N) is 3. The normalized spacial score (nSPS) is 11.5. The van der Waals surface area contributed by atoms with Crippen molar-refractivity contribution in [1.82, 2.24) is 10.6 Å². The van der Waals surface area contributed by atoms with Crippen LogP contribution in [0.2, 0.25) is 0 Å². The molecule has 150 valence electrons. The van der Waals surface area contributed by atoms with Crippen molar-refractivity contribution in [2.75, 3.05) is 11.6 Å². The number of carbonyl (C=O) groups excluding carboxylic acids is 2. The van der Waals surface area contributed by atoms with Crippen LogP contribution in [-0.4, -0.2) is 24.2 Å². The van der Waals surface area contributed by atoms with Gasteiger partial charge in [-0.1, -0.05) is 30.3 Å². The van der Waals surface area contributed by atoms with Crippen LogP contribution in [0.25, 0.3) is 0 Å². The van der Waals surface area contributed by atoms with Gasteiger partial charge < -0.3 is 20.4 Å². The van der Waals surface area contributed by atoms with Crippen LogP contribution in [0.15, 0.2) is 82.3 Å². The summed E-state index contributed by atoms with van der Waals surface area (Å²) >= 11 is 1.63. The number of amides is 3. The Labute approximate surface area is 174 Å². The fraction of sp³-hybridized carbons (Fsp3) is 0.182. The number of hydrogen-bond acceptors (Lipinski definition) is 4. The zero-order chi connectivity index (χ0) is 20.5. The van der Waals surface area contributed by atoms with Gasteiger partial charge >= 0.3 is 6.03 Å². The average Bonchev–Trinajstić information content (AvgIpc) is 3.26. The van der Waals surface area contributed by atoms with E-state index in [-0.39, 0.29) is 12.5 Å². The van der Waals surface area contributed by atoms with Gasteiger partial charge in [-0.25, -0.2) is 4.79 Å². The molecule has 0 spiro atoms. The van der Waals surface area contributed by atoms with Crippen LogP contribution >= 0.6 is 11.8 Å². The maximum absolute atomic E-state index is 12.7. The van der Waals surface area contributed by atoms with E-state index in [2.05, 4.69) is 16.0 Å². The second kappa shape index (κ2) is 10.4. The van der Waals surface area contributed by atoms with Gasteiger partial charge in [0.25, 0.3) is 0 Å². The highest BCUT2D eigenvalue weighted by molar-refractivity contribution is 7.98. The molecule has 0 fully saturated rings. The Hall–Kier alpha value is -3.19. The van der Waals surface area contributed by atoms with Crippen molar-refractivity contribution < 1.29 is 14.0 Å². The summed E-state index contributed by atoms with van der Waals surface area (Å²) in [6.07, 6.45) is 3.92. The van der Waals surface area contributed by atoms with E-state index < -0.39 is 12.1 Å². The van der Waals surface area contributed by atoms with Crippen molar-refractivity contribution in [1.29, 1.82) is 0 Å². The maximum Gasteiger partial charge on any atom is 0.319 e. The van der Waals surface area contributed by atoms with Gasteiger partial charge in [0.15, 0.2) is 0 Å². The Kier molecular flexibility index (Phi) is 7.35. The van der Waals surface area contributed by atoms with E-state index in [4.69, 9.17) is 4.42 Å². The van der Waals surface area contributed by atoms with Crippen molar-refractivity contribution in [3.05, 3.63) is 84.3 Å². The standard InChI is InChI=1S/C22H23N3O3S/c1-29-19-11-9-17(10-12-19)24-22(27)25-20(14-16-6-3-2-4-7-16)21(26)23-15-18-8-5-13-28-18/h2-13,20H,14-15H2,1H3,(H,23,26)(H2,24,25,27). The van der Waals surface area contributed by atoms with Crippen LogP contribution in [0, 0.1) is 0 Å². The number of furan rings is 1. The SMILES string of the molecule is CSc1ccc(NC(=O)NC(Cc2ccccc2)C(=O)NCc2ccco2)cc1. The Bertz CT molecular complexity index is 912. The third-order valence-electron chi connectivity index (χ3n) is 4.27. The van der Waals surface area contributed by atoms with Gasteiger partial charge in [-0.05, 0) is 48.2 Å². The topological polar surface area (TPSA) is 83.4 Å². The van der Waals surface area contributed by atoms with Crippen molar-refractivity contribution in [3.8, 4) is 0 Å². The predicted molar refractivity (Wildman–Crippen MR) is 115 cm³/mol. The van der Waals surface area contributed by atoms with Crippen molar-refractivity contribution in [3.63, 3.8) is 0 Å². The summed E-state index contributed by atoms with van der Waals surface area (Å²) in [6.45, 7) is 0.260.